The monoisotopic (exact) mass is 317 g/mol. The highest BCUT2D eigenvalue weighted by Crippen LogP contribution is 2.17. The Morgan fingerprint density at radius 2 is 0.826 bits per heavy atom. The van der Waals surface area contributed by atoms with Gasteiger partial charge in [-0.1, -0.05) is 88.4 Å². The van der Waals surface area contributed by atoms with Crippen molar-refractivity contribution in [3.05, 3.63) is 60.7 Å². The Kier molecular flexibility index (Phi) is 25.3. The van der Waals surface area contributed by atoms with Crippen molar-refractivity contribution >= 4 is 6.29 Å². The van der Waals surface area contributed by atoms with E-state index in [1.54, 1.807) is 0 Å². The zero-order valence-electron chi connectivity index (χ0n) is 16.2. The second kappa shape index (κ2) is 22.4. The molecule has 0 bridgehead atoms. The summed E-state index contributed by atoms with van der Waals surface area (Å²) in [7, 11) is 6.00. The number of hydrogen-bond donors (Lipinski definition) is 0. The second-order valence-corrected chi connectivity index (χ2v) is 4.31. The van der Waals surface area contributed by atoms with Crippen LogP contribution in [0, 0.1) is 0 Å². The standard InChI is InChI=1S/C12H10.C3H9N.C2H4O.2C2H6/c1-3-7-11(8-4-1)12-9-5-2-6-10-12;1-4(2)3;1-2-3;2*1-2/h1-10H;1-3H3;2H,1H3;2*1-2H3. The summed E-state index contributed by atoms with van der Waals surface area (Å²) < 4.78 is 0. The molecule has 2 aromatic rings. The Morgan fingerprint density at radius 3 is 1.00 bits per heavy atom. The fourth-order valence-corrected chi connectivity index (χ4v) is 1.26. The van der Waals surface area contributed by atoms with Gasteiger partial charge in [-0.2, -0.15) is 0 Å². The summed E-state index contributed by atoms with van der Waals surface area (Å²) in [6.45, 7) is 9.44. The molecule has 0 aromatic heterocycles. The van der Waals surface area contributed by atoms with E-state index in [4.69, 9.17) is 4.79 Å². The smallest absolute Gasteiger partial charge is 0.116 e. The minimum absolute atomic E-state index is 0.750. The van der Waals surface area contributed by atoms with Gasteiger partial charge in [0, 0.05) is 0 Å². The third-order valence-corrected chi connectivity index (χ3v) is 1.88. The Hall–Kier alpha value is -1.93. The number of benzene rings is 2. The largest absolute Gasteiger partial charge is 0.312 e. The summed E-state index contributed by atoms with van der Waals surface area (Å²) >= 11 is 0. The predicted molar refractivity (Wildman–Crippen MR) is 106 cm³/mol. The fraction of sp³-hybridized carbons (Fsp3) is 0.381. The number of rotatable bonds is 1. The Morgan fingerprint density at radius 1 is 0.652 bits per heavy atom. The van der Waals surface area contributed by atoms with Crippen LogP contribution in [-0.4, -0.2) is 32.3 Å². The van der Waals surface area contributed by atoms with Crippen LogP contribution in [0.2, 0.25) is 0 Å². The highest BCUT2D eigenvalue weighted by molar-refractivity contribution is 5.62. The van der Waals surface area contributed by atoms with Gasteiger partial charge in [-0.25, -0.2) is 0 Å². The van der Waals surface area contributed by atoms with Gasteiger partial charge in [0.1, 0.15) is 6.29 Å². The molecule has 0 amide bonds. The average molecular weight is 318 g/mol. The van der Waals surface area contributed by atoms with Crippen LogP contribution in [0.1, 0.15) is 34.6 Å². The molecule has 0 saturated heterocycles. The third-order valence-electron chi connectivity index (χ3n) is 1.88. The molecule has 2 rings (SSSR count). The highest BCUT2D eigenvalue weighted by Gasteiger charge is 1.91. The first-order valence-corrected chi connectivity index (χ1v) is 8.23. The van der Waals surface area contributed by atoms with Gasteiger partial charge >= 0.3 is 0 Å². The number of nitrogens with zero attached hydrogens (tertiary/aromatic N) is 1. The normalized spacial score (nSPS) is 7.70. The first kappa shape index (κ1) is 26.0. The molecule has 2 nitrogen and oxygen atoms in total. The van der Waals surface area contributed by atoms with Crippen molar-refractivity contribution in [3.63, 3.8) is 0 Å². The number of hydrogen-bond acceptors (Lipinski definition) is 2. The van der Waals surface area contributed by atoms with E-state index in [0.717, 1.165) is 6.29 Å². The Balaban J connectivity index is -0.000000307. The maximum absolute atomic E-state index is 8.81. The van der Waals surface area contributed by atoms with Crippen molar-refractivity contribution in [2.24, 2.45) is 0 Å². The molecule has 0 saturated carbocycles. The number of carbonyl (C=O) groups is 1. The Labute approximate surface area is 144 Å². The van der Waals surface area contributed by atoms with Crippen molar-refractivity contribution in [2.45, 2.75) is 34.6 Å². The average Bonchev–Trinajstić information content (AvgIpc) is 2.60. The van der Waals surface area contributed by atoms with Crippen LogP contribution in [0.4, 0.5) is 0 Å². The molecular weight excluding hydrogens is 282 g/mol. The zero-order chi connectivity index (χ0) is 18.5. The van der Waals surface area contributed by atoms with Gasteiger partial charge < -0.3 is 9.69 Å². The highest BCUT2D eigenvalue weighted by atomic mass is 16.1. The van der Waals surface area contributed by atoms with Crippen molar-refractivity contribution < 1.29 is 4.79 Å². The van der Waals surface area contributed by atoms with Gasteiger partial charge in [0.2, 0.25) is 0 Å². The molecule has 2 aromatic carbocycles. The van der Waals surface area contributed by atoms with E-state index in [1.807, 2.05) is 65.9 Å². The topological polar surface area (TPSA) is 20.3 Å². The van der Waals surface area contributed by atoms with E-state index in [-0.39, 0.29) is 0 Å². The molecule has 0 spiro atoms. The van der Waals surface area contributed by atoms with E-state index in [9.17, 15) is 0 Å². The first-order chi connectivity index (χ1) is 11.1. The molecule has 0 aliphatic rings. The van der Waals surface area contributed by atoms with Crippen LogP contribution in [0.25, 0.3) is 11.1 Å². The molecule has 0 N–H and O–H groups in total. The molecule has 0 aliphatic heterocycles. The van der Waals surface area contributed by atoms with Gasteiger partial charge in [0.05, 0.1) is 0 Å². The number of carbonyl (C=O) groups excluding carboxylic acids is 1. The van der Waals surface area contributed by atoms with Gasteiger partial charge in [-0.15, -0.1) is 0 Å². The summed E-state index contributed by atoms with van der Waals surface area (Å²) in [5, 5.41) is 0. The van der Waals surface area contributed by atoms with E-state index >= 15 is 0 Å². The number of aldehydes is 1. The van der Waals surface area contributed by atoms with Crippen LogP contribution in [0.15, 0.2) is 60.7 Å². The lowest BCUT2D eigenvalue weighted by Gasteiger charge is -1.98. The SMILES string of the molecule is CC.CC.CC=O.CN(C)C.c1ccc(-c2ccccc2)cc1. The molecule has 0 radical (unpaired) electrons. The molecule has 0 fully saturated rings. The lowest BCUT2D eigenvalue weighted by atomic mass is 10.1. The van der Waals surface area contributed by atoms with Gasteiger partial charge in [0.25, 0.3) is 0 Å². The van der Waals surface area contributed by atoms with E-state index in [2.05, 4.69) is 48.5 Å². The molecule has 0 atom stereocenters. The minimum atomic E-state index is 0.750. The molecular formula is C21H35NO. The molecule has 2 heteroatoms. The van der Waals surface area contributed by atoms with Crippen LogP contribution < -0.4 is 0 Å². The third kappa shape index (κ3) is 20.1. The summed E-state index contributed by atoms with van der Waals surface area (Å²) in [5.41, 5.74) is 2.55. The molecule has 130 valence electrons. The quantitative estimate of drug-likeness (QED) is 0.620. The van der Waals surface area contributed by atoms with Crippen molar-refractivity contribution in [1.82, 2.24) is 4.90 Å². The van der Waals surface area contributed by atoms with Crippen molar-refractivity contribution in [2.75, 3.05) is 21.1 Å². The predicted octanol–water partition coefficient (Wildman–Crippen LogP) is 5.79. The summed E-state index contributed by atoms with van der Waals surface area (Å²) in [4.78, 5) is 10.8. The Bertz CT molecular complexity index is 384. The van der Waals surface area contributed by atoms with Crippen molar-refractivity contribution in [1.29, 1.82) is 0 Å². The van der Waals surface area contributed by atoms with E-state index in [1.165, 1.54) is 18.1 Å². The van der Waals surface area contributed by atoms with Gasteiger partial charge in [-0.3, -0.25) is 0 Å². The van der Waals surface area contributed by atoms with Crippen LogP contribution in [0.3, 0.4) is 0 Å². The van der Waals surface area contributed by atoms with Gasteiger partial charge in [-0.05, 0) is 39.2 Å². The maximum Gasteiger partial charge on any atom is 0.116 e. The lowest BCUT2D eigenvalue weighted by Crippen LogP contribution is -1.99. The summed E-state index contributed by atoms with van der Waals surface area (Å²) in [5.74, 6) is 0. The molecule has 23 heavy (non-hydrogen) atoms. The van der Waals surface area contributed by atoms with E-state index < -0.39 is 0 Å². The second-order valence-electron chi connectivity index (χ2n) is 4.31. The van der Waals surface area contributed by atoms with Crippen molar-refractivity contribution in [3.8, 4) is 11.1 Å². The lowest BCUT2D eigenvalue weighted by molar-refractivity contribution is -0.106. The molecule has 0 heterocycles. The summed E-state index contributed by atoms with van der Waals surface area (Å²) in [6.07, 6.45) is 0.750. The maximum atomic E-state index is 8.81. The van der Waals surface area contributed by atoms with Crippen LogP contribution in [-0.2, 0) is 4.79 Å². The first-order valence-electron chi connectivity index (χ1n) is 8.23. The zero-order valence-corrected chi connectivity index (χ0v) is 16.2. The summed E-state index contributed by atoms with van der Waals surface area (Å²) in [6, 6.07) is 20.8. The van der Waals surface area contributed by atoms with E-state index in [0.29, 0.717) is 0 Å². The van der Waals surface area contributed by atoms with Crippen LogP contribution >= 0.6 is 0 Å². The molecule has 0 unspecified atom stereocenters. The molecule has 0 aliphatic carbocycles. The van der Waals surface area contributed by atoms with Gasteiger partial charge in [0.15, 0.2) is 0 Å². The fourth-order valence-electron chi connectivity index (χ4n) is 1.26. The minimum Gasteiger partial charge on any atom is -0.312 e. The van der Waals surface area contributed by atoms with Crippen LogP contribution in [0.5, 0.6) is 0 Å².